The molecule has 0 aromatic carbocycles. The van der Waals surface area contributed by atoms with Gasteiger partial charge < -0.3 is 4.90 Å². The number of piperidine rings is 1. The minimum Gasteiger partial charge on any atom is -0.327 e. The fraction of sp³-hybridized carbons (Fsp3) is 0.579. The molecule has 1 saturated carbocycles. The molecule has 2 aromatic heterocycles. The van der Waals surface area contributed by atoms with Gasteiger partial charge in [0.1, 0.15) is 17.9 Å². The highest BCUT2D eigenvalue weighted by molar-refractivity contribution is 5.39. The molecule has 4 rings (SSSR count). The van der Waals surface area contributed by atoms with E-state index in [2.05, 4.69) is 0 Å². The highest BCUT2D eigenvalue weighted by atomic mass is 16.1. The molecule has 4 heteroatoms. The van der Waals surface area contributed by atoms with Crippen LogP contribution in [0.2, 0.25) is 0 Å². The Morgan fingerprint density at radius 1 is 1.22 bits per heavy atom. The first-order chi connectivity index (χ1) is 11.2. The van der Waals surface area contributed by atoms with Crippen LogP contribution in [-0.4, -0.2) is 22.0 Å². The Kier molecular flexibility index (Phi) is 3.93. The number of hydrogen-bond acceptors (Lipinski definition) is 2. The average molecular weight is 312 g/mol. The number of nitrogens with one attached hydrogen (secondary N) is 1. The van der Waals surface area contributed by atoms with Crippen LogP contribution in [0.15, 0.2) is 29.2 Å². The molecule has 1 aliphatic heterocycles. The number of hydrogen-bond donors (Lipinski definition) is 1. The molecule has 1 saturated heterocycles. The van der Waals surface area contributed by atoms with Crippen molar-refractivity contribution < 1.29 is 4.90 Å². The largest absolute Gasteiger partial charge is 0.327 e. The fourth-order valence-corrected chi connectivity index (χ4v) is 4.67. The summed E-state index contributed by atoms with van der Waals surface area (Å²) in [6, 6.07) is 6.51. The van der Waals surface area contributed by atoms with Crippen LogP contribution in [-0.2, 0) is 6.54 Å². The quantitative estimate of drug-likeness (QED) is 0.917. The Morgan fingerprint density at radius 3 is 2.96 bits per heavy atom. The van der Waals surface area contributed by atoms with E-state index in [0.29, 0.717) is 0 Å². The lowest BCUT2D eigenvalue weighted by Gasteiger charge is -2.41. The standard InChI is InChI=1S/C19H25N3O/c1-14-8-9-18-20-16(11-19(23)22(18)12-14)13-21-10-4-6-15-5-2-3-7-17(15)21/h8-9,11-12,15,17H,2-7,10,13H2,1H3/p+1/t15-,17+/m1/s1. The maximum Gasteiger partial charge on any atom is 0.258 e. The van der Waals surface area contributed by atoms with Crippen LogP contribution < -0.4 is 10.5 Å². The van der Waals surface area contributed by atoms with Gasteiger partial charge in [0.2, 0.25) is 0 Å². The number of nitrogens with zero attached hydrogens (tertiary/aromatic N) is 2. The highest BCUT2D eigenvalue weighted by Gasteiger charge is 2.36. The maximum absolute atomic E-state index is 12.4. The van der Waals surface area contributed by atoms with Crippen molar-refractivity contribution in [1.29, 1.82) is 0 Å². The van der Waals surface area contributed by atoms with Crippen molar-refractivity contribution >= 4 is 5.65 Å². The fourth-order valence-electron chi connectivity index (χ4n) is 4.67. The number of likely N-dealkylation sites (tertiary alicyclic amines) is 1. The minimum atomic E-state index is 0.0466. The zero-order valence-electron chi connectivity index (χ0n) is 13.9. The molecule has 2 fully saturated rings. The van der Waals surface area contributed by atoms with Gasteiger partial charge in [0.15, 0.2) is 0 Å². The molecule has 2 aromatic rings. The van der Waals surface area contributed by atoms with E-state index >= 15 is 0 Å². The topological polar surface area (TPSA) is 38.8 Å². The van der Waals surface area contributed by atoms with E-state index in [1.807, 2.05) is 25.3 Å². The summed E-state index contributed by atoms with van der Waals surface area (Å²) in [5.41, 5.74) is 2.86. The number of aromatic nitrogens is 2. The van der Waals surface area contributed by atoms with Gasteiger partial charge in [-0.2, -0.15) is 0 Å². The van der Waals surface area contributed by atoms with E-state index in [-0.39, 0.29) is 5.56 Å². The molecule has 3 atom stereocenters. The monoisotopic (exact) mass is 312 g/mol. The number of fused-ring (bicyclic) bond motifs is 2. The molecule has 0 radical (unpaired) electrons. The summed E-state index contributed by atoms with van der Waals surface area (Å²) in [7, 11) is 0. The lowest BCUT2D eigenvalue weighted by atomic mass is 9.78. The maximum atomic E-state index is 12.4. The number of pyridine rings is 1. The van der Waals surface area contributed by atoms with Crippen LogP contribution in [0, 0.1) is 12.8 Å². The molecule has 1 unspecified atom stereocenters. The number of aryl methyl sites for hydroxylation is 1. The molecule has 0 amide bonds. The van der Waals surface area contributed by atoms with Crippen molar-refractivity contribution in [2.45, 2.75) is 58.0 Å². The molecular weight excluding hydrogens is 286 g/mol. The van der Waals surface area contributed by atoms with E-state index in [9.17, 15) is 4.79 Å². The van der Waals surface area contributed by atoms with Crippen LogP contribution in [0.4, 0.5) is 0 Å². The van der Waals surface area contributed by atoms with E-state index < -0.39 is 0 Å². The molecule has 1 N–H and O–H groups in total. The summed E-state index contributed by atoms with van der Waals surface area (Å²) in [6.07, 6.45) is 10.1. The van der Waals surface area contributed by atoms with Crippen LogP contribution in [0.25, 0.3) is 5.65 Å². The molecule has 2 aliphatic rings. The molecule has 1 aliphatic carbocycles. The molecule has 0 bridgehead atoms. The van der Waals surface area contributed by atoms with Crippen LogP contribution in [0.5, 0.6) is 0 Å². The predicted octanol–water partition coefficient (Wildman–Crippen LogP) is 1.74. The first-order valence-corrected chi connectivity index (χ1v) is 9.04. The van der Waals surface area contributed by atoms with E-state index in [0.717, 1.165) is 35.4 Å². The van der Waals surface area contributed by atoms with Gasteiger partial charge in [-0.15, -0.1) is 0 Å². The van der Waals surface area contributed by atoms with Crippen molar-refractivity contribution in [3.63, 3.8) is 0 Å². The van der Waals surface area contributed by atoms with Crippen molar-refractivity contribution in [1.82, 2.24) is 9.38 Å². The van der Waals surface area contributed by atoms with Crippen molar-refractivity contribution in [2.24, 2.45) is 5.92 Å². The Hall–Kier alpha value is -1.68. The van der Waals surface area contributed by atoms with Crippen LogP contribution >= 0.6 is 0 Å². The van der Waals surface area contributed by atoms with Gasteiger partial charge in [-0.1, -0.05) is 12.5 Å². The SMILES string of the molecule is Cc1ccc2nc(C[NH+]3CCC[C@H]4CCCC[C@@H]43)cc(=O)n2c1. The second kappa shape index (κ2) is 6.08. The highest BCUT2D eigenvalue weighted by Crippen LogP contribution is 2.28. The zero-order chi connectivity index (χ0) is 15.8. The lowest BCUT2D eigenvalue weighted by molar-refractivity contribution is -0.949. The molecule has 3 heterocycles. The molecule has 122 valence electrons. The van der Waals surface area contributed by atoms with Crippen molar-refractivity contribution in [3.8, 4) is 0 Å². The van der Waals surface area contributed by atoms with Crippen molar-refractivity contribution in [3.05, 3.63) is 46.0 Å². The first-order valence-electron chi connectivity index (χ1n) is 9.04. The van der Waals surface area contributed by atoms with Crippen molar-refractivity contribution in [2.75, 3.05) is 6.54 Å². The normalized spacial score (nSPS) is 27.8. The van der Waals surface area contributed by atoms with Crippen LogP contribution in [0.1, 0.15) is 49.8 Å². The van der Waals surface area contributed by atoms with E-state index in [4.69, 9.17) is 4.98 Å². The van der Waals surface area contributed by atoms with E-state index in [1.54, 1.807) is 15.4 Å². The third-order valence-corrected chi connectivity index (χ3v) is 5.77. The second-order valence-electron chi connectivity index (χ2n) is 7.40. The molecular formula is C19H26N3O+. The summed E-state index contributed by atoms with van der Waals surface area (Å²) in [4.78, 5) is 18.8. The van der Waals surface area contributed by atoms with Gasteiger partial charge in [0, 0.05) is 18.2 Å². The summed E-state index contributed by atoms with van der Waals surface area (Å²) in [5, 5.41) is 0. The van der Waals surface area contributed by atoms with Gasteiger partial charge in [0.25, 0.3) is 5.56 Å². The second-order valence-corrected chi connectivity index (χ2v) is 7.40. The summed E-state index contributed by atoms with van der Waals surface area (Å²) >= 11 is 0. The zero-order valence-corrected chi connectivity index (χ0v) is 13.9. The van der Waals surface area contributed by atoms with Crippen LogP contribution in [0.3, 0.4) is 0 Å². The van der Waals surface area contributed by atoms with Gasteiger partial charge in [0.05, 0.1) is 12.6 Å². The van der Waals surface area contributed by atoms with Gasteiger partial charge in [-0.05, 0) is 50.7 Å². The van der Waals surface area contributed by atoms with Gasteiger partial charge >= 0.3 is 0 Å². The predicted molar refractivity (Wildman–Crippen MR) is 90.7 cm³/mol. The first kappa shape index (κ1) is 14.9. The number of rotatable bonds is 2. The van der Waals surface area contributed by atoms with E-state index in [1.165, 1.54) is 45.1 Å². The number of quaternary nitrogens is 1. The average Bonchev–Trinajstić information content (AvgIpc) is 2.56. The third-order valence-electron chi connectivity index (χ3n) is 5.77. The lowest BCUT2D eigenvalue weighted by Crippen LogP contribution is -3.16. The Bertz CT molecular complexity index is 765. The Morgan fingerprint density at radius 2 is 2.04 bits per heavy atom. The van der Waals surface area contributed by atoms with Gasteiger partial charge in [-0.25, -0.2) is 4.98 Å². The molecule has 4 nitrogen and oxygen atoms in total. The minimum absolute atomic E-state index is 0.0466. The summed E-state index contributed by atoms with van der Waals surface area (Å²) in [5.74, 6) is 0.900. The Balaban J connectivity index is 1.62. The summed E-state index contributed by atoms with van der Waals surface area (Å²) < 4.78 is 1.66. The smallest absolute Gasteiger partial charge is 0.258 e. The summed E-state index contributed by atoms with van der Waals surface area (Å²) in [6.45, 7) is 4.14. The Labute approximate surface area is 137 Å². The molecule has 0 spiro atoms. The third kappa shape index (κ3) is 2.92. The van der Waals surface area contributed by atoms with Gasteiger partial charge in [-0.3, -0.25) is 9.20 Å². The molecule has 23 heavy (non-hydrogen) atoms.